The van der Waals surface area contributed by atoms with Gasteiger partial charge < -0.3 is 21.0 Å². The number of nitrogens with zero attached hydrogens (tertiary/aromatic N) is 1. The van der Waals surface area contributed by atoms with E-state index in [1.165, 1.54) is 0 Å². The monoisotopic (exact) mass is 271 g/mol. The smallest absolute Gasteiger partial charge is 0.234 e. The van der Waals surface area contributed by atoms with Gasteiger partial charge in [-0.05, 0) is 26.2 Å². The zero-order valence-electron chi connectivity index (χ0n) is 11.8. The molecule has 4 N–H and O–H groups in total. The Morgan fingerprint density at radius 1 is 1.47 bits per heavy atom. The number of nitrogens with one attached hydrogen (secondary N) is 1. The first kappa shape index (κ1) is 15.8. The molecule has 1 rings (SSSR count). The molecule has 0 aliphatic heterocycles. The summed E-state index contributed by atoms with van der Waals surface area (Å²) in [6.07, 6.45) is 4.98. The van der Waals surface area contributed by atoms with Gasteiger partial charge in [-0.3, -0.25) is 4.79 Å². The van der Waals surface area contributed by atoms with E-state index in [2.05, 4.69) is 10.5 Å². The van der Waals surface area contributed by atoms with E-state index >= 15 is 0 Å². The number of amidine groups is 1. The van der Waals surface area contributed by atoms with Crippen LogP contribution in [0.25, 0.3) is 0 Å². The molecule has 1 unspecified atom stereocenters. The van der Waals surface area contributed by atoms with Crippen molar-refractivity contribution in [1.82, 2.24) is 5.32 Å². The second-order valence-corrected chi connectivity index (χ2v) is 5.28. The van der Waals surface area contributed by atoms with Crippen LogP contribution in [0.15, 0.2) is 5.16 Å². The van der Waals surface area contributed by atoms with Crippen LogP contribution < -0.4 is 11.1 Å². The number of methoxy groups -OCH3 is 1. The molecule has 1 fully saturated rings. The highest BCUT2D eigenvalue weighted by atomic mass is 16.5. The van der Waals surface area contributed by atoms with Gasteiger partial charge in [0.05, 0.1) is 0 Å². The summed E-state index contributed by atoms with van der Waals surface area (Å²) in [6.45, 7) is 2.53. The number of ether oxygens (including phenoxy) is 1. The van der Waals surface area contributed by atoms with Crippen LogP contribution in [0.1, 0.15) is 45.4 Å². The summed E-state index contributed by atoms with van der Waals surface area (Å²) in [4.78, 5) is 12.5. The summed E-state index contributed by atoms with van der Waals surface area (Å²) < 4.78 is 4.99. The number of hydrogen-bond acceptors (Lipinski definition) is 4. The third-order valence-electron chi connectivity index (χ3n) is 3.87. The summed E-state index contributed by atoms with van der Waals surface area (Å²) >= 11 is 0. The normalized spacial score (nSPS) is 20.8. The Morgan fingerprint density at radius 2 is 2.11 bits per heavy atom. The van der Waals surface area contributed by atoms with Crippen molar-refractivity contribution in [2.45, 2.75) is 51.5 Å². The third-order valence-corrected chi connectivity index (χ3v) is 3.87. The van der Waals surface area contributed by atoms with Gasteiger partial charge in [-0.1, -0.05) is 24.4 Å². The number of nitrogens with two attached hydrogens (primary N) is 1. The average molecular weight is 271 g/mol. The van der Waals surface area contributed by atoms with Crippen LogP contribution in [0.2, 0.25) is 0 Å². The maximum absolute atomic E-state index is 12.5. The summed E-state index contributed by atoms with van der Waals surface area (Å²) in [6, 6.07) is 0.0118. The molecule has 0 aromatic carbocycles. The Morgan fingerprint density at radius 3 is 2.63 bits per heavy atom. The predicted octanol–water partition coefficient (Wildman–Crippen LogP) is 1.22. The largest absolute Gasteiger partial charge is 0.409 e. The van der Waals surface area contributed by atoms with E-state index in [0.29, 0.717) is 19.4 Å². The lowest BCUT2D eigenvalue weighted by molar-refractivity contribution is -0.129. The fourth-order valence-electron chi connectivity index (χ4n) is 2.58. The van der Waals surface area contributed by atoms with E-state index in [-0.39, 0.29) is 17.8 Å². The molecule has 0 spiro atoms. The maximum Gasteiger partial charge on any atom is 0.234 e. The van der Waals surface area contributed by atoms with Gasteiger partial charge in [0.2, 0.25) is 5.91 Å². The summed E-state index contributed by atoms with van der Waals surface area (Å²) in [5.41, 5.74) is 4.93. The molecule has 1 aliphatic carbocycles. The number of oxime groups is 1. The molecule has 0 aromatic rings. The molecule has 1 atom stereocenters. The lowest BCUT2D eigenvalue weighted by Crippen LogP contribution is -2.52. The highest BCUT2D eigenvalue weighted by Crippen LogP contribution is 2.37. The lowest BCUT2D eigenvalue weighted by atomic mass is 9.72. The minimum atomic E-state index is -0.839. The second-order valence-electron chi connectivity index (χ2n) is 5.28. The zero-order valence-corrected chi connectivity index (χ0v) is 11.8. The Labute approximate surface area is 114 Å². The van der Waals surface area contributed by atoms with Gasteiger partial charge >= 0.3 is 0 Å². The van der Waals surface area contributed by atoms with Crippen molar-refractivity contribution in [2.24, 2.45) is 16.3 Å². The molecule has 110 valence electrons. The van der Waals surface area contributed by atoms with Crippen molar-refractivity contribution in [3.8, 4) is 0 Å². The van der Waals surface area contributed by atoms with Crippen molar-refractivity contribution >= 4 is 11.7 Å². The predicted molar refractivity (Wildman–Crippen MR) is 73.0 cm³/mol. The van der Waals surface area contributed by atoms with Crippen LogP contribution in [0.4, 0.5) is 0 Å². The molecule has 1 aliphatic rings. The van der Waals surface area contributed by atoms with E-state index in [1.807, 2.05) is 6.92 Å². The summed E-state index contributed by atoms with van der Waals surface area (Å²) in [7, 11) is 1.63. The number of hydrogen-bond donors (Lipinski definition) is 3. The quantitative estimate of drug-likeness (QED) is 0.293. The molecule has 1 saturated carbocycles. The van der Waals surface area contributed by atoms with Crippen molar-refractivity contribution < 1.29 is 14.7 Å². The SMILES string of the molecule is COCCC(C)NC(=O)C1(C(N)=NO)CCCCC1. The molecule has 0 radical (unpaired) electrons. The second kappa shape index (κ2) is 7.33. The maximum atomic E-state index is 12.5. The molecular weight excluding hydrogens is 246 g/mol. The minimum absolute atomic E-state index is 0.0118. The first-order chi connectivity index (χ1) is 9.06. The van der Waals surface area contributed by atoms with E-state index in [4.69, 9.17) is 15.7 Å². The number of carbonyl (C=O) groups excluding carboxylic acids is 1. The van der Waals surface area contributed by atoms with Crippen LogP contribution in [-0.2, 0) is 9.53 Å². The van der Waals surface area contributed by atoms with E-state index in [9.17, 15) is 4.79 Å². The molecule has 0 bridgehead atoms. The fraction of sp³-hybridized carbons (Fsp3) is 0.846. The average Bonchev–Trinajstić information content (AvgIpc) is 2.44. The van der Waals surface area contributed by atoms with Gasteiger partial charge in [0.25, 0.3) is 0 Å². The lowest BCUT2D eigenvalue weighted by Gasteiger charge is -2.35. The molecule has 0 heterocycles. The Bertz CT molecular complexity index is 325. The Hall–Kier alpha value is -1.30. The van der Waals surface area contributed by atoms with Crippen LogP contribution in [-0.4, -0.2) is 36.7 Å². The Balaban J connectivity index is 2.72. The topological polar surface area (TPSA) is 96.9 Å². The van der Waals surface area contributed by atoms with Gasteiger partial charge in [0, 0.05) is 19.8 Å². The van der Waals surface area contributed by atoms with Gasteiger partial charge in [-0.15, -0.1) is 0 Å². The highest BCUT2D eigenvalue weighted by Gasteiger charge is 2.44. The number of rotatable bonds is 6. The zero-order chi connectivity index (χ0) is 14.3. The van der Waals surface area contributed by atoms with E-state index in [0.717, 1.165) is 25.7 Å². The number of carbonyl (C=O) groups is 1. The van der Waals surface area contributed by atoms with Crippen molar-refractivity contribution in [3.63, 3.8) is 0 Å². The van der Waals surface area contributed by atoms with Gasteiger partial charge in [-0.25, -0.2) is 0 Å². The van der Waals surface area contributed by atoms with Crippen molar-refractivity contribution in [2.75, 3.05) is 13.7 Å². The standard InChI is InChI=1S/C13H25N3O3/c1-10(6-9-19-2)15-12(17)13(11(14)16-18)7-4-3-5-8-13/h10,18H,3-9H2,1-2H3,(H2,14,16)(H,15,17). The van der Waals surface area contributed by atoms with Crippen molar-refractivity contribution in [1.29, 1.82) is 0 Å². The van der Waals surface area contributed by atoms with Crippen molar-refractivity contribution in [3.05, 3.63) is 0 Å². The number of amides is 1. The highest BCUT2D eigenvalue weighted by molar-refractivity contribution is 6.06. The molecule has 0 saturated heterocycles. The minimum Gasteiger partial charge on any atom is -0.409 e. The third kappa shape index (κ3) is 3.83. The molecule has 6 nitrogen and oxygen atoms in total. The summed E-state index contributed by atoms with van der Waals surface area (Å²) in [5, 5.41) is 15.0. The van der Waals surface area contributed by atoms with E-state index < -0.39 is 5.41 Å². The first-order valence-corrected chi connectivity index (χ1v) is 6.84. The Kier molecular flexibility index (Phi) is 6.08. The summed E-state index contributed by atoms with van der Waals surface area (Å²) in [5.74, 6) is -0.102. The van der Waals surface area contributed by atoms with Gasteiger partial charge in [-0.2, -0.15) is 0 Å². The van der Waals surface area contributed by atoms with Crippen LogP contribution >= 0.6 is 0 Å². The van der Waals surface area contributed by atoms with Gasteiger partial charge in [0.1, 0.15) is 5.41 Å². The molecule has 1 amide bonds. The molecule has 0 aromatic heterocycles. The van der Waals surface area contributed by atoms with Crippen LogP contribution in [0.5, 0.6) is 0 Å². The molecule has 6 heteroatoms. The van der Waals surface area contributed by atoms with E-state index in [1.54, 1.807) is 7.11 Å². The van der Waals surface area contributed by atoms with Crippen LogP contribution in [0, 0.1) is 5.41 Å². The van der Waals surface area contributed by atoms with Crippen LogP contribution in [0.3, 0.4) is 0 Å². The molecular formula is C13H25N3O3. The fourth-order valence-corrected chi connectivity index (χ4v) is 2.58. The first-order valence-electron chi connectivity index (χ1n) is 6.84. The van der Waals surface area contributed by atoms with Gasteiger partial charge in [0.15, 0.2) is 5.84 Å². The molecule has 19 heavy (non-hydrogen) atoms.